The number of imidazole rings is 1. The van der Waals surface area contributed by atoms with Gasteiger partial charge in [-0.05, 0) is 37.5 Å². The van der Waals surface area contributed by atoms with Crippen LogP contribution in [0, 0.1) is 0 Å². The van der Waals surface area contributed by atoms with Gasteiger partial charge in [0.15, 0.2) is 5.96 Å². The molecule has 0 aliphatic carbocycles. The average molecular weight is 405 g/mol. The molecule has 2 unspecified atom stereocenters. The van der Waals surface area contributed by atoms with Gasteiger partial charge in [-0.25, -0.2) is 4.98 Å². The third-order valence-electron chi connectivity index (χ3n) is 5.89. The third-order valence-corrected chi connectivity index (χ3v) is 5.89. The highest BCUT2D eigenvalue weighted by atomic mass is 15.2. The van der Waals surface area contributed by atoms with E-state index in [2.05, 4.69) is 73.4 Å². The molecule has 0 bridgehead atoms. The molecule has 1 aliphatic heterocycles. The Kier molecular flexibility index (Phi) is 6.64. The minimum Gasteiger partial charge on any atom is -0.356 e. The van der Waals surface area contributed by atoms with Crippen LogP contribution >= 0.6 is 0 Å². The quantitative estimate of drug-likeness (QED) is 0.490. The number of fused-ring (bicyclic) bond motifs is 1. The molecule has 0 amide bonds. The van der Waals surface area contributed by atoms with E-state index in [0.29, 0.717) is 12.1 Å². The third kappa shape index (κ3) is 5.19. The van der Waals surface area contributed by atoms with Gasteiger partial charge in [0.05, 0.1) is 5.69 Å². The molecule has 1 saturated heterocycles. The van der Waals surface area contributed by atoms with Crippen LogP contribution in [0.15, 0.2) is 65.9 Å². The molecule has 0 spiro atoms. The molecular weight excluding hydrogens is 372 g/mol. The van der Waals surface area contributed by atoms with Crippen molar-refractivity contribution in [3.05, 3.63) is 72.2 Å². The van der Waals surface area contributed by atoms with E-state index in [4.69, 9.17) is 0 Å². The van der Waals surface area contributed by atoms with Gasteiger partial charge in [-0.1, -0.05) is 36.4 Å². The van der Waals surface area contributed by atoms with Gasteiger partial charge in [-0.3, -0.25) is 9.89 Å². The summed E-state index contributed by atoms with van der Waals surface area (Å²) in [7, 11) is 1.84. The van der Waals surface area contributed by atoms with Crippen molar-refractivity contribution in [2.24, 2.45) is 4.99 Å². The number of aliphatic imine (C=N–C) groups is 1. The number of nitrogens with zero attached hydrogens (tertiary/aromatic N) is 4. The number of pyridine rings is 1. The highest BCUT2D eigenvalue weighted by molar-refractivity contribution is 5.79. The van der Waals surface area contributed by atoms with Crippen LogP contribution in [0.4, 0.5) is 0 Å². The number of hydrogen-bond acceptors (Lipinski definition) is 3. The largest absolute Gasteiger partial charge is 0.356 e. The predicted molar refractivity (Wildman–Crippen MR) is 123 cm³/mol. The second-order valence-corrected chi connectivity index (χ2v) is 8.12. The van der Waals surface area contributed by atoms with E-state index in [1.54, 1.807) is 0 Å². The van der Waals surface area contributed by atoms with Crippen molar-refractivity contribution in [2.75, 3.05) is 20.1 Å². The van der Waals surface area contributed by atoms with E-state index in [1.165, 1.54) is 5.56 Å². The van der Waals surface area contributed by atoms with Crippen LogP contribution in [-0.4, -0.2) is 52.5 Å². The maximum absolute atomic E-state index is 4.66. The fourth-order valence-electron chi connectivity index (χ4n) is 4.21. The van der Waals surface area contributed by atoms with Gasteiger partial charge in [0.2, 0.25) is 0 Å². The zero-order chi connectivity index (χ0) is 20.8. The summed E-state index contributed by atoms with van der Waals surface area (Å²) in [6.07, 6.45) is 7.25. The van der Waals surface area contributed by atoms with Crippen LogP contribution in [0.5, 0.6) is 0 Å². The van der Waals surface area contributed by atoms with Crippen LogP contribution in [0.3, 0.4) is 0 Å². The Bertz CT molecular complexity index is 931. The first-order valence-corrected chi connectivity index (χ1v) is 10.9. The van der Waals surface area contributed by atoms with E-state index in [-0.39, 0.29) is 0 Å². The molecule has 1 aromatic carbocycles. The van der Waals surface area contributed by atoms with Gasteiger partial charge in [-0.15, -0.1) is 0 Å². The number of rotatable bonds is 6. The van der Waals surface area contributed by atoms with Gasteiger partial charge < -0.3 is 15.0 Å². The van der Waals surface area contributed by atoms with Crippen LogP contribution in [0.25, 0.3) is 5.65 Å². The fraction of sp³-hybridized carbons (Fsp3) is 0.417. The first kappa shape index (κ1) is 20.4. The van der Waals surface area contributed by atoms with E-state index in [0.717, 1.165) is 56.2 Å². The average Bonchev–Trinajstić information content (AvgIpc) is 3.18. The second-order valence-electron chi connectivity index (χ2n) is 8.12. The Balaban J connectivity index is 1.23. The molecule has 3 aromatic rings. The molecule has 6 nitrogen and oxygen atoms in total. The fourth-order valence-corrected chi connectivity index (χ4v) is 4.21. The number of benzene rings is 1. The summed E-state index contributed by atoms with van der Waals surface area (Å²) in [5.74, 6) is 0.882. The lowest BCUT2D eigenvalue weighted by Gasteiger charge is -2.38. The molecule has 3 heterocycles. The number of nitrogens with one attached hydrogen (secondary N) is 2. The summed E-state index contributed by atoms with van der Waals surface area (Å²) >= 11 is 0. The molecule has 158 valence electrons. The molecule has 0 saturated carbocycles. The van der Waals surface area contributed by atoms with Gasteiger partial charge in [0.1, 0.15) is 5.65 Å². The molecule has 0 radical (unpaired) electrons. The van der Waals surface area contributed by atoms with Crippen LogP contribution < -0.4 is 10.6 Å². The van der Waals surface area contributed by atoms with Crippen LogP contribution in [-0.2, 0) is 13.0 Å². The van der Waals surface area contributed by atoms with Gasteiger partial charge in [0.25, 0.3) is 0 Å². The zero-order valence-electron chi connectivity index (χ0n) is 18.0. The Labute approximate surface area is 179 Å². The van der Waals surface area contributed by atoms with Crippen molar-refractivity contribution in [3.63, 3.8) is 0 Å². The van der Waals surface area contributed by atoms with E-state index in [9.17, 15) is 0 Å². The van der Waals surface area contributed by atoms with Crippen molar-refractivity contribution in [1.82, 2.24) is 24.9 Å². The SMILES string of the molecule is CN=C(NCCc1cn2ccccc2n1)NC1CCN(Cc2ccccc2)C(C)C1. The molecule has 4 rings (SSSR count). The lowest BCUT2D eigenvalue weighted by molar-refractivity contribution is 0.134. The molecular formula is C24H32N6. The highest BCUT2D eigenvalue weighted by Gasteiger charge is 2.25. The van der Waals surface area contributed by atoms with Gasteiger partial charge in [-0.2, -0.15) is 0 Å². The molecule has 1 fully saturated rings. The predicted octanol–water partition coefficient (Wildman–Crippen LogP) is 3.09. The summed E-state index contributed by atoms with van der Waals surface area (Å²) in [5, 5.41) is 7.07. The summed E-state index contributed by atoms with van der Waals surface area (Å²) in [6.45, 7) is 5.27. The van der Waals surface area contributed by atoms with Crippen molar-refractivity contribution in [3.8, 4) is 0 Å². The normalized spacial score (nSPS) is 20.4. The highest BCUT2D eigenvalue weighted by Crippen LogP contribution is 2.19. The van der Waals surface area contributed by atoms with Crippen LogP contribution in [0.2, 0.25) is 0 Å². The standard InChI is InChI=1S/C24H32N6/c1-19-16-21(12-15-29(19)17-20-8-4-3-5-9-20)28-24(25-2)26-13-11-22-18-30-14-7-6-10-23(30)27-22/h3-10,14,18-19,21H,11-13,15-17H2,1-2H3,(H2,25,26,28). The molecule has 2 aromatic heterocycles. The number of aromatic nitrogens is 2. The lowest BCUT2D eigenvalue weighted by atomic mass is 9.97. The molecule has 30 heavy (non-hydrogen) atoms. The van der Waals surface area contributed by atoms with Crippen molar-refractivity contribution in [1.29, 1.82) is 0 Å². The number of hydrogen-bond donors (Lipinski definition) is 2. The monoisotopic (exact) mass is 404 g/mol. The Morgan fingerprint density at radius 3 is 2.77 bits per heavy atom. The van der Waals surface area contributed by atoms with Gasteiger partial charge >= 0.3 is 0 Å². The van der Waals surface area contributed by atoms with Crippen LogP contribution in [0.1, 0.15) is 31.0 Å². The molecule has 2 N–H and O–H groups in total. The van der Waals surface area contributed by atoms with E-state index < -0.39 is 0 Å². The Morgan fingerprint density at radius 2 is 2.00 bits per heavy atom. The smallest absolute Gasteiger partial charge is 0.191 e. The maximum Gasteiger partial charge on any atom is 0.191 e. The number of likely N-dealkylation sites (tertiary alicyclic amines) is 1. The van der Waals surface area contributed by atoms with E-state index >= 15 is 0 Å². The first-order valence-electron chi connectivity index (χ1n) is 10.9. The molecule has 2 atom stereocenters. The summed E-state index contributed by atoms with van der Waals surface area (Å²) in [6, 6.07) is 17.8. The minimum atomic E-state index is 0.452. The number of piperidine rings is 1. The maximum atomic E-state index is 4.66. The summed E-state index contributed by atoms with van der Waals surface area (Å²) in [4.78, 5) is 11.7. The lowest BCUT2D eigenvalue weighted by Crippen LogP contribution is -2.51. The Morgan fingerprint density at radius 1 is 1.17 bits per heavy atom. The molecule has 1 aliphatic rings. The van der Waals surface area contributed by atoms with Gasteiger partial charge in [0, 0.05) is 57.6 Å². The van der Waals surface area contributed by atoms with Crippen molar-refractivity contribution < 1.29 is 0 Å². The number of guanidine groups is 1. The Hall–Kier alpha value is -2.86. The topological polar surface area (TPSA) is 57.0 Å². The van der Waals surface area contributed by atoms with Crippen molar-refractivity contribution in [2.45, 2.75) is 44.8 Å². The summed E-state index contributed by atoms with van der Waals surface area (Å²) in [5.41, 5.74) is 3.47. The zero-order valence-corrected chi connectivity index (χ0v) is 18.0. The van der Waals surface area contributed by atoms with Crippen molar-refractivity contribution >= 4 is 11.6 Å². The first-order chi connectivity index (χ1) is 14.7. The second kappa shape index (κ2) is 9.76. The van der Waals surface area contributed by atoms with E-state index in [1.807, 2.05) is 31.4 Å². The summed E-state index contributed by atoms with van der Waals surface area (Å²) < 4.78 is 2.06. The molecule has 6 heteroatoms. The minimum absolute atomic E-state index is 0.452.